The van der Waals surface area contributed by atoms with Gasteiger partial charge in [0.1, 0.15) is 5.82 Å². The first-order valence-electron chi connectivity index (χ1n) is 10.3. The molecule has 2 aromatic heterocycles. The molecule has 4 aromatic rings. The third kappa shape index (κ3) is 4.95. The monoisotopic (exact) mass is 443 g/mol. The van der Waals surface area contributed by atoms with E-state index in [1.54, 1.807) is 18.3 Å². The molecule has 7 nitrogen and oxygen atoms in total. The smallest absolute Gasteiger partial charge is 0.252 e. The molecule has 0 bridgehead atoms. The Morgan fingerprint density at radius 1 is 1.00 bits per heavy atom. The van der Waals surface area contributed by atoms with Gasteiger partial charge in [-0.05, 0) is 42.3 Å². The number of aromatic nitrogens is 2. The number of hydrogen-bond acceptors (Lipinski definition) is 5. The lowest BCUT2D eigenvalue weighted by atomic mass is 10.1. The van der Waals surface area contributed by atoms with Crippen molar-refractivity contribution in [3.05, 3.63) is 89.5 Å². The number of hydrogen-bond donors (Lipinski definition) is 3. The van der Waals surface area contributed by atoms with Gasteiger partial charge in [-0.15, -0.1) is 0 Å². The zero-order valence-corrected chi connectivity index (χ0v) is 18.1. The topological polar surface area (TPSA) is 96.0 Å². The molecule has 4 rings (SSSR count). The highest BCUT2D eigenvalue weighted by atomic mass is 19.1. The molecule has 166 valence electrons. The zero-order chi connectivity index (χ0) is 23.4. The predicted molar refractivity (Wildman–Crippen MR) is 126 cm³/mol. The molecule has 0 saturated carbocycles. The molecule has 0 aliphatic rings. The number of pyridine rings is 2. The Morgan fingerprint density at radius 3 is 2.61 bits per heavy atom. The number of nitrogens with one attached hydrogen (secondary N) is 3. The lowest BCUT2D eigenvalue weighted by Gasteiger charge is -2.15. The lowest BCUT2D eigenvalue weighted by molar-refractivity contribution is -0.115. The van der Waals surface area contributed by atoms with Crippen molar-refractivity contribution in [2.45, 2.75) is 13.3 Å². The molecule has 33 heavy (non-hydrogen) atoms. The van der Waals surface area contributed by atoms with Gasteiger partial charge in [0.25, 0.3) is 5.91 Å². The fourth-order valence-electron chi connectivity index (χ4n) is 3.41. The molecule has 2 aromatic carbocycles. The minimum atomic E-state index is -0.508. The Balaban J connectivity index is 1.62. The standard InChI is InChI=1S/C25H22FN5O2/c1-15-6-3-4-8-20(15)31-24-22(11-18(14-29-24)25(33)27-2)30-23(32)12-17-10-16-7-5-9-28-21(16)13-19(17)26/h3-11,13-14H,12H2,1-2H3,(H,27,33)(H,29,31)(H,30,32). The van der Waals surface area contributed by atoms with Crippen LogP contribution in [0, 0.1) is 12.7 Å². The van der Waals surface area contributed by atoms with E-state index >= 15 is 0 Å². The summed E-state index contributed by atoms with van der Waals surface area (Å²) in [5.74, 6) is -0.922. The molecule has 0 aliphatic heterocycles. The van der Waals surface area contributed by atoms with E-state index in [1.807, 2.05) is 37.3 Å². The SMILES string of the molecule is CNC(=O)c1cnc(Nc2ccccc2C)c(NC(=O)Cc2cc3cccnc3cc2F)c1. The number of aryl methyl sites for hydroxylation is 1. The van der Waals surface area contributed by atoms with Crippen LogP contribution in [0.25, 0.3) is 10.9 Å². The maximum absolute atomic E-state index is 14.5. The van der Waals surface area contributed by atoms with Crippen molar-refractivity contribution in [1.29, 1.82) is 0 Å². The van der Waals surface area contributed by atoms with E-state index in [-0.39, 0.29) is 23.5 Å². The van der Waals surface area contributed by atoms with Crippen LogP contribution in [0.4, 0.5) is 21.6 Å². The van der Waals surface area contributed by atoms with Crippen molar-refractivity contribution in [1.82, 2.24) is 15.3 Å². The average molecular weight is 443 g/mol. The van der Waals surface area contributed by atoms with Crippen LogP contribution in [0.2, 0.25) is 0 Å². The number of halogens is 1. The Kier molecular flexibility index (Phi) is 6.26. The Hall–Kier alpha value is -4.33. The summed E-state index contributed by atoms with van der Waals surface area (Å²) in [5.41, 5.74) is 3.15. The lowest BCUT2D eigenvalue weighted by Crippen LogP contribution is -2.20. The Bertz CT molecular complexity index is 1360. The van der Waals surface area contributed by atoms with Crippen LogP contribution in [0.1, 0.15) is 21.5 Å². The second kappa shape index (κ2) is 9.44. The van der Waals surface area contributed by atoms with Crippen molar-refractivity contribution in [2.24, 2.45) is 0 Å². The van der Waals surface area contributed by atoms with Crippen LogP contribution in [0.5, 0.6) is 0 Å². The molecule has 0 aliphatic carbocycles. The predicted octanol–water partition coefficient (Wildman–Crippen LogP) is 4.36. The number of anilines is 3. The summed E-state index contributed by atoms with van der Waals surface area (Å²) in [7, 11) is 1.51. The molecule has 2 amide bonds. The number of rotatable bonds is 6. The molecule has 0 radical (unpaired) electrons. The molecule has 0 unspecified atom stereocenters. The molecule has 8 heteroatoms. The maximum atomic E-state index is 14.5. The molecule has 0 spiro atoms. The highest BCUT2D eigenvalue weighted by Crippen LogP contribution is 2.27. The van der Waals surface area contributed by atoms with Crippen LogP contribution in [-0.4, -0.2) is 28.8 Å². The molecular weight excluding hydrogens is 421 g/mol. The van der Waals surface area contributed by atoms with Crippen molar-refractivity contribution >= 4 is 39.9 Å². The van der Waals surface area contributed by atoms with Gasteiger partial charge < -0.3 is 16.0 Å². The Morgan fingerprint density at radius 2 is 1.82 bits per heavy atom. The first-order valence-corrected chi connectivity index (χ1v) is 10.3. The quantitative estimate of drug-likeness (QED) is 0.412. The molecule has 3 N–H and O–H groups in total. The maximum Gasteiger partial charge on any atom is 0.252 e. The van der Waals surface area contributed by atoms with Crippen LogP contribution in [-0.2, 0) is 11.2 Å². The van der Waals surface area contributed by atoms with Gasteiger partial charge in [-0.25, -0.2) is 9.37 Å². The van der Waals surface area contributed by atoms with Gasteiger partial charge in [0.05, 0.1) is 23.2 Å². The highest BCUT2D eigenvalue weighted by Gasteiger charge is 2.16. The van der Waals surface area contributed by atoms with E-state index in [0.29, 0.717) is 17.0 Å². The van der Waals surface area contributed by atoms with Gasteiger partial charge in [-0.2, -0.15) is 0 Å². The first kappa shape index (κ1) is 21.9. The normalized spacial score (nSPS) is 10.6. The van der Waals surface area contributed by atoms with E-state index in [9.17, 15) is 14.0 Å². The van der Waals surface area contributed by atoms with Crippen LogP contribution < -0.4 is 16.0 Å². The van der Waals surface area contributed by atoms with Crippen LogP contribution in [0.15, 0.2) is 67.0 Å². The van der Waals surface area contributed by atoms with Gasteiger partial charge in [-0.3, -0.25) is 14.6 Å². The van der Waals surface area contributed by atoms with Gasteiger partial charge >= 0.3 is 0 Å². The van der Waals surface area contributed by atoms with Crippen molar-refractivity contribution in [3.8, 4) is 0 Å². The minimum absolute atomic E-state index is 0.190. The van der Waals surface area contributed by atoms with Gasteiger partial charge in [-0.1, -0.05) is 24.3 Å². The minimum Gasteiger partial charge on any atom is -0.355 e. The Labute approximate surface area is 190 Å². The van der Waals surface area contributed by atoms with E-state index in [1.165, 1.54) is 25.4 Å². The van der Waals surface area contributed by atoms with Crippen LogP contribution in [0.3, 0.4) is 0 Å². The second-order valence-corrected chi connectivity index (χ2v) is 7.50. The van der Waals surface area contributed by atoms with Crippen molar-refractivity contribution in [3.63, 3.8) is 0 Å². The molecule has 0 saturated heterocycles. The third-order valence-electron chi connectivity index (χ3n) is 5.17. The zero-order valence-electron chi connectivity index (χ0n) is 18.1. The summed E-state index contributed by atoms with van der Waals surface area (Å²) >= 11 is 0. The number of carbonyl (C=O) groups excluding carboxylic acids is 2. The van der Waals surface area contributed by atoms with Gasteiger partial charge in [0.15, 0.2) is 5.82 Å². The molecule has 0 fully saturated rings. The first-order chi connectivity index (χ1) is 15.9. The fourth-order valence-corrected chi connectivity index (χ4v) is 3.41. The van der Waals surface area contributed by atoms with E-state index in [4.69, 9.17) is 0 Å². The van der Waals surface area contributed by atoms with Crippen molar-refractivity contribution < 1.29 is 14.0 Å². The number of fused-ring (bicyclic) bond motifs is 1. The van der Waals surface area contributed by atoms with Gasteiger partial charge in [0.2, 0.25) is 5.91 Å². The molecular formula is C25H22FN5O2. The number of para-hydroxylation sites is 1. The summed E-state index contributed by atoms with van der Waals surface area (Å²) in [5, 5.41) is 9.24. The van der Waals surface area contributed by atoms with E-state index in [0.717, 1.165) is 16.6 Å². The number of nitrogens with zero attached hydrogens (tertiary/aromatic N) is 2. The summed E-state index contributed by atoms with van der Waals surface area (Å²) in [6, 6.07) is 15.6. The fraction of sp³-hybridized carbons (Fsp3) is 0.120. The van der Waals surface area contributed by atoms with E-state index in [2.05, 4.69) is 25.9 Å². The van der Waals surface area contributed by atoms with E-state index < -0.39 is 11.7 Å². The largest absolute Gasteiger partial charge is 0.355 e. The number of benzene rings is 2. The molecule has 0 atom stereocenters. The highest BCUT2D eigenvalue weighted by molar-refractivity contribution is 6.00. The summed E-state index contributed by atoms with van der Waals surface area (Å²) in [6.45, 7) is 1.94. The van der Waals surface area contributed by atoms with Crippen molar-refractivity contribution in [2.75, 3.05) is 17.7 Å². The summed E-state index contributed by atoms with van der Waals surface area (Å²) in [6.07, 6.45) is 2.82. The second-order valence-electron chi connectivity index (χ2n) is 7.50. The summed E-state index contributed by atoms with van der Waals surface area (Å²) < 4.78 is 14.5. The van der Waals surface area contributed by atoms with Crippen LogP contribution >= 0.6 is 0 Å². The third-order valence-corrected chi connectivity index (χ3v) is 5.17. The van der Waals surface area contributed by atoms with Gasteiger partial charge in [0, 0.05) is 36.6 Å². The average Bonchev–Trinajstić information content (AvgIpc) is 2.81. The number of amides is 2. The number of carbonyl (C=O) groups is 2. The summed E-state index contributed by atoms with van der Waals surface area (Å²) in [4.78, 5) is 33.4. The molecule has 2 heterocycles.